The highest BCUT2D eigenvalue weighted by atomic mass is 35.5. The van der Waals surface area contributed by atoms with Gasteiger partial charge in [0.2, 0.25) is 17.7 Å². The normalized spacial score (nSPS) is 11.3. The van der Waals surface area contributed by atoms with Crippen LogP contribution in [0.3, 0.4) is 0 Å². The van der Waals surface area contributed by atoms with Crippen molar-refractivity contribution in [3.8, 4) is 17.2 Å². The first-order valence-electron chi connectivity index (χ1n) is 8.39. The van der Waals surface area contributed by atoms with Gasteiger partial charge in [0.1, 0.15) is 5.75 Å². The number of aryl methyl sites for hydroxylation is 1. The van der Waals surface area contributed by atoms with E-state index >= 15 is 0 Å². The topological polar surface area (TPSA) is 77.2 Å². The molecule has 0 bridgehead atoms. The smallest absolute Gasteiger partial charge is 0.416 e. The van der Waals surface area contributed by atoms with Gasteiger partial charge in [0.25, 0.3) is 0 Å². The van der Waals surface area contributed by atoms with E-state index in [1.54, 1.807) is 18.2 Å². The molecule has 3 rings (SSSR count). The minimum absolute atomic E-state index is 0.0356. The maximum Gasteiger partial charge on any atom is 0.416 e. The molecule has 0 aliphatic carbocycles. The molecule has 29 heavy (non-hydrogen) atoms. The molecule has 152 valence electrons. The molecule has 6 nitrogen and oxygen atoms in total. The molecular weight excluding hydrogens is 411 g/mol. The van der Waals surface area contributed by atoms with Crippen molar-refractivity contribution < 1.29 is 27.1 Å². The van der Waals surface area contributed by atoms with Crippen molar-refractivity contribution in [3.05, 3.63) is 58.9 Å². The van der Waals surface area contributed by atoms with E-state index in [1.807, 2.05) is 0 Å². The molecule has 0 saturated heterocycles. The van der Waals surface area contributed by atoms with Crippen molar-refractivity contribution in [1.29, 1.82) is 0 Å². The van der Waals surface area contributed by atoms with Crippen molar-refractivity contribution in [2.75, 3.05) is 12.4 Å². The Labute approximate surface area is 168 Å². The third kappa shape index (κ3) is 5.26. The average molecular weight is 426 g/mol. The Bertz CT molecular complexity index is 1020. The summed E-state index contributed by atoms with van der Waals surface area (Å²) in [6.07, 6.45) is -4.31. The SMILES string of the molecule is COc1ccc(NC(=O)CCc2nnc(-c3cccc(C(F)(F)F)c3)o2)cc1Cl. The number of ether oxygens (including phenoxy) is 1. The van der Waals surface area contributed by atoms with E-state index in [-0.39, 0.29) is 36.1 Å². The fourth-order valence-corrected chi connectivity index (χ4v) is 2.75. The lowest BCUT2D eigenvalue weighted by molar-refractivity contribution is -0.137. The lowest BCUT2D eigenvalue weighted by Crippen LogP contribution is -2.12. The number of hydrogen-bond donors (Lipinski definition) is 1. The lowest BCUT2D eigenvalue weighted by Gasteiger charge is -2.07. The number of methoxy groups -OCH3 is 1. The summed E-state index contributed by atoms with van der Waals surface area (Å²) < 4.78 is 48.9. The Balaban J connectivity index is 1.61. The number of nitrogens with zero attached hydrogens (tertiary/aromatic N) is 2. The Hall–Kier alpha value is -3.07. The molecule has 0 fully saturated rings. The molecule has 2 aromatic carbocycles. The Kier molecular flexibility index (Phi) is 6.07. The number of carbonyl (C=O) groups excluding carboxylic acids is 1. The second kappa shape index (κ2) is 8.52. The summed E-state index contributed by atoms with van der Waals surface area (Å²) in [7, 11) is 1.48. The van der Waals surface area contributed by atoms with Gasteiger partial charge in [-0.25, -0.2) is 0 Å². The van der Waals surface area contributed by atoms with Gasteiger partial charge in [-0.15, -0.1) is 10.2 Å². The summed E-state index contributed by atoms with van der Waals surface area (Å²) in [4.78, 5) is 12.1. The molecular formula is C19H15ClF3N3O3. The number of rotatable bonds is 6. The molecule has 10 heteroatoms. The van der Waals surface area contributed by atoms with E-state index in [1.165, 1.54) is 19.2 Å². The maximum absolute atomic E-state index is 12.8. The van der Waals surface area contributed by atoms with Crippen LogP contribution in [-0.4, -0.2) is 23.2 Å². The third-order valence-corrected chi connectivity index (χ3v) is 4.20. The summed E-state index contributed by atoms with van der Waals surface area (Å²) in [6, 6.07) is 9.39. The van der Waals surface area contributed by atoms with E-state index in [4.69, 9.17) is 20.8 Å². The van der Waals surface area contributed by atoms with Crippen molar-refractivity contribution in [2.24, 2.45) is 0 Å². The highest BCUT2D eigenvalue weighted by molar-refractivity contribution is 6.32. The molecule has 0 radical (unpaired) electrons. The first kappa shape index (κ1) is 20.7. The maximum atomic E-state index is 12.8. The minimum atomic E-state index is -4.47. The molecule has 0 spiro atoms. The molecule has 0 saturated carbocycles. The van der Waals surface area contributed by atoms with Gasteiger partial charge >= 0.3 is 6.18 Å². The first-order valence-corrected chi connectivity index (χ1v) is 8.77. The minimum Gasteiger partial charge on any atom is -0.495 e. The Morgan fingerprint density at radius 2 is 2.00 bits per heavy atom. The van der Waals surface area contributed by atoms with Crippen molar-refractivity contribution in [1.82, 2.24) is 10.2 Å². The molecule has 0 unspecified atom stereocenters. The fraction of sp³-hybridized carbons (Fsp3) is 0.211. The fourth-order valence-electron chi connectivity index (χ4n) is 2.49. The summed E-state index contributed by atoms with van der Waals surface area (Å²) in [6.45, 7) is 0. The number of nitrogens with one attached hydrogen (secondary N) is 1. The van der Waals surface area contributed by atoms with Gasteiger partial charge in [-0.2, -0.15) is 13.2 Å². The number of alkyl halides is 3. The van der Waals surface area contributed by atoms with Crippen molar-refractivity contribution in [2.45, 2.75) is 19.0 Å². The number of hydrogen-bond acceptors (Lipinski definition) is 5. The van der Waals surface area contributed by atoms with Gasteiger partial charge in [0.15, 0.2) is 0 Å². The summed E-state index contributed by atoms with van der Waals surface area (Å²) >= 11 is 6.01. The zero-order valence-electron chi connectivity index (χ0n) is 15.1. The second-order valence-electron chi connectivity index (χ2n) is 5.98. The molecule has 1 N–H and O–H groups in total. The largest absolute Gasteiger partial charge is 0.495 e. The number of amides is 1. The predicted molar refractivity (Wildman–Crippen MR) is 99.7 cm³/mol. The van der Waals surface area contributed by atoms with Crippen LogP contribution in [-0.2, 0) is 17.4 Å². The lowest BCUT2D eigenvalue weighted by atomic mass is 10.1. The number of aromatic nitrogens is 2. The number of carbonyl (C=O) groups is 1. The van der Waals surface area contributed by atoms with Gasteiger partial charge in [0.05, 0.1) is 17.7 Å². The molecule has 0 aliphatic rings. The predicted octanol–water partition coefficient (Wildman–Crippen LogP) is 4.99. The molecule has 0 atom stereocenters. The summed E-state index contributed by atoms with van der Waals surface area (Å²) in [5.41, 5.74) is -0.167. The van der Waals surface area contributed by atoms with Crippen LogP contribution in [0.15, 0.2) is 46.9 Å². The highest BCUT2D eigenvalue weighted by Gasteiger charge is 2.30. The van der Waals surface area contributed by atoms with E-state index < -0.39 is 11.7 Å². The molecule has 0 aliphatic heterocycles. The van der Waals surface area contributed by atoms with Gasteiger partial charge in [-0.1, -0.05) is 17.7 Å². The molecule has 3 aromatic rings. The van der Waals surface area contributed by atoms with Crippen LogP contribution in [0.1, 0.15) is 17.9 Å². The van der Waals surface area contributed by atoms with E-state index in [0.29, 0.717) is 16.5 Å². The first-order chi connectivity index (χ1) is 13.8. The molecule has 1 heterocycles. The second-order valence-corrected chi connectivity index (χ2v) is 6.38. The van der Waals surface area contributed by atoms with Gasteiger partial charge in [-0.05, 0) is 36.4 Å². The number of anilines is 1. The van der Waals surface area contributed by atoms with Crippen LogP contribution < -0.4 is 10.1 Å². The van der Waals surface area contributed by atoms with Crippen molar-refractivity contribution in [3.63, 3.8) is 0 Å². The summed E-state index contributed by atoms with van der Waals surface area (Å²) in [5.74, 6) is 0.261. The van der Waals surface area contributed by atoms with E-state index in [9.17, 15) is 18.0 Å². The van der Waals surface area contributed by atoms with E-state index in [2.05, 4.69) is 15.5 Å². The average Bonchev–Trinajstić information content (AvgIpc) is 3.15. The molecule has 1 aromatic heterocycles. The Morgan fingerprint density at radius 3 is 2.69 bits per heavy atom. The van der Waals surface area contributed by atoms with Crippen LogP contribution in [0.2, 0.25) is 5.02 Å². The standard InChI is InChI=1S/C19H15ClF3N3O3/c1-28-15-6-5-13(10-14(15)20)24-16(27)7-8-17-25-26-18(29-17)11-3-2-4-12(9-11)19(21,22)23/h2-6,9-10H,7-8H2,1H3,(H,24,27). The van der Waals surface area contributed by atoms with Gasteiger partial charge < -0.3 is 14.5 Å². The third-order valence-electron chi connectivity index (χ3n) is 3.91. The van der Waals surface area contributed by atoms with Crippen LogP contribution in [0.25, 0.3) is 11.5 Å². The Morgan fingerprint density at radius 1 is 1.21 bits per heavy atom. The van der Waals surface area contributed by atoms with Crippen LogP contribution in [0.5, 0.6) is 5.75 Å². The number of halogens is 4. The van der Waals surface area contributed by atoms with E-state index in [0.717, 1.165) is 12.1 Å². The van der Waals surface area contributed by atoms with Gasteiger partial charge in [-0.3, -0.25) is 4.79 Å². The zero-order valence-corrected chi connectivity index (χ0v) is 15.8. The van der Waals surface area contributed by atoms with Crippen molar-refractivity contribution >= 4 is 23.2 Å². The highest BCUT2D eigenvalue weighted by Crippen LogP contribution is 2.32. The van der Waals surface area contributed by atoms with Crippen LogP contribution in [0.4, 0.5) is 18.9 Å². The van der Waals surface area contributed by atoms with Crippen LogP contribution >= 0.6 is 11.6 Å². The molecule has 1 amide bonds. The summed E-state index contributed by atoms with van der Waals surface area (Å²) in [5, 5.41) is 10.6. The monoisotopic (exact) mass is 425 g/mol. The van der Waals surface area contributed by atoms with Gasteiger partial charge in [0, 0.05) is 24.1 Å². The quantitative estimate of drug-likeness (QED) is 0.602. The number of benzene rings is 2. The zero-order chi connectivity index (χ0) is 21.0. The van der Waals surface area contributed by atoms with Crippen LogP contribution in [0, 0.1) is 0 Å².